The fourth-order valence-corrected chi connectivity index (χ4v) is 1.86. The molecule has 0 heterocycles. The Balaban J connectivity index is 1.99. The number of para-hydroxylation sites is 1. The number of carbonyl (C=O) groups is 1. The Kier molecular flexibility index (Phi) is 4.26. The number of benzene rings is 2. The van der Waals surface area contributed by atoms with Gasteiger partial charge in [-0.05, 0) is 18.6 Å². The summed E-state index contributed by atoms with van der Waals surface area (Å²) in [4.78, 5) is 12.2. The molecular weight excluding hydrogens is 256 g/mol. The van der Waals surface area contributed by atoms with E-state index >= 15 is 0 Å². The summed E-state index contributed by atoms with van der Waals surface area (Å²) in [5, 5.41) is 5.43. The maximum atomic E-state index is 11.8. The largest absolute Gasteiger partial charge is 0.324 e. The zero-order valence-corrected chi connectivity index (χ0v) is 11.3. The van der Waals surface area contributed by atoms with Gasteiger partial charge in [-0.2, -0.15) is 0 Å². The van der Waals surface area contributed by atoms with Crippen molar-refractivity contribution in [3.63, 3.8) is 0 Å². The van der Waals surface area contributed by atoms with Crippen LogP contribution in [0.15, 0.2) is 54.6 Å². The van der Waals surface area contributed by atoms with E-state index in [-0.39, 0.29) is 6.03 Å². The monoisotopic (exact) mass is 270 g/mol. The van der Waals surface area contributed by atoms with Gasteiger partial charge in [0.05, 0.1) is 0 Å². The van der Waals surface area contributed by atoms with Gasteiger partial charge in [-0.25, -0.2) is 4.79 Å². The molecule has 0 radical (unpaired) electrons. The third-order valence-corrected chi connectivity index (χ3v) is 2.99. The Bertz CT molecular complexity index is 596. The predicted molar refractivity (Wildman–Crippen MR) is 81.5 cm³/mol. The summed E-state index contributed by atoms with van der Waals surface area (Å²) in [7, 11) is 0. The molecule has 0 bridgehead atoms. The molecule has 2 aromatic rings. The highest BCUT2D eigenvalue weighted by atomic mass is 32.1. The quantitative estimate of drug-likeness (QED) is 0.820. The molecule has 0 saturated heterocycles. The summed E-state index contributed by atoms with van der Waals surface area (Å²) in [6, 6.07) is 16.6. The normalized spacial score (nSPS) is 9.74. The van der Waals surface area contributed by atoms with E-state index in [0.29, 0.717) is 4.99 Å². The van der Waals surface area contributed by atoms with Crippen LogP contribution < -0.4 is 10.6 Å². The smallest absolute Gasteiger partial charge is 0.307 e. The lowest BCUT2D eigenvalue weighted by molar-refractivity contribution is 0.256. The van der Waals surface area contributed by atoms with Crippen LogP contribution >= 0.6 is 12.2 Å². The highest BCUT2D eigenvalue weighted by Crippen LogP contribution is 2.12. The third kappa shape index (κ3) is 3.63. The summed E-state index contributed by atoms with van der Waals surface area (Å²) >= 11 is 5.17. The minimum absolute atomic E-state index is 0.330. The van der Waals surface area contributed by atoms with E-state index in [1.807, 2.05) is 61.5 Å². The summed E-state index contributed by atoms with van der Waals surface area (Å²) < 4.78 is 0. The maximum absolute atomic E-state index is 11.8. The van der Waals surface area contributed by atoms with Crippen LogP contribution in [0.5, 0.6) is 0 Å². The van der Waals surface area contributed by atoms with Gasteiger partial charge in [0.25, 0.3) is 0 Å². The minimum atomic E-state index is -0.330. The number of hydrogen-bond acceptors (Lipinski definition) is 2. The Morgan fingerprint density at radius 1 is 1.00 bits per heavy atom. The minimum Gasteiger partial charge on any atom is -0.307 e. The number of urea groups is 1. The van der Waals surface area contributed by atoms with Crippen LogP contribution in [0.2, 0.25) is 0 Å². The summed E-state index contributed by atoms with van der Waals surface area (Å²) in [5.41, 5.74) is 2.59. The second-order valence-electron chi connectivity index (χ2n) is 4.09. The van der Waals surface area contributed by atoms with Crippen LogP contribution in [0.4, 0.5) is 10.5 Å². The van der Waals surface area contributed by atoms with Gasteiger partial charge < -0.3 is 5.32 Å². The molecule has 4 heteroatoms. The second-order valence-corrected chi connectivity index (χ2v) is 4.50. The predicted octanol–water partition coefficient (Wildman–Crippen LogP) is 3.49. The maximum Gasteiger partial charge on any atom is 0.324 e. The van der Waals surface area contributed by atoms with Gasteiger partial charge in [-0.3, -0.25) is 5.32 Å². The van der Waals surface area contributed by atoms with Gasteiger partial charge in [0.15, 0.2) is 0 Å². The lowest BCUT2D eigenvalue weighted by Crippen LogP contribution is -2.33. The average Bonchev–Trinajstić information content (AvgIpc) is 2.42. The highest BCUT2D eigenvalue weighted by molar-refractivity contribution is 7.80. The van der Waals surface area contributed by atoms with Crippen LogP contribution in [0.25, 0.3) is 0 Å². The number of hydrogen-bond donors (Lipinski definition) is 2. The first-order valence-corrected chi connectivity index (χ1v) is 6.30. The average molecular weight is 270 g/mol. The standard InChI is InChI=1S/C15H14N2OS/c1-11-7-5-6-10-13(11)16-15(18)17-14(19)12-8-3-2-4-9-12/h2-10H,1H3,(H2,16,17,18,19). The van der Waals surface area contributed by atoms with Gasteiger partial charge in [-0.15, -0.1) is 0 Å². The molecule has 0 atom stereocenters. The van der Waals surface area contributed by atoms with E-state index in [2.05, 4.69) is 10.6 Å². The molecule has 0 unspecified atom stereocenters. The molecule has 2 aromatic carbocycles. The van der Waals surface area contributed by atoms with E-state index in [4.69, 9.17) is 12.2 Å². The van der Waals surface area contributed by atoms with Crippen molar-refractivity contribution in [1.29, 1.82) is 0 Å². The number of rotatable bonds is 2. The van der Waals surface area contributed by atoms with E-state index in [1.165, 1.54) is 0 Å². The summed E-state index contributed by atoms with van der Waals surface area (Å²) in [6.45, 7) is 1.94. The first-order valence-electron chi connectivity index (χ1n) is 5.90. The van der Waals surface area contributed by atoms with Crippen LogP contribution in [-0.2, 0) is 0 Å². The SMILES string of the molecule is Cc1ccccc1NC(=O)NC(=S)c1ccccc1. The lowest BCUT2D eigenvalue weighted by Gasteiger charge is -2.10. The molecule has 0 aromatic heterocycles. The van der Waals surface area contributed by atoms with Crippen molar-refractivity contribution in [2.75, 3.05) is 5.32 Å². The van der Waals surface area contributed by atoms with Crippen molar-refractivity contribution in [1.82, 2.24) is 5.32 Å². The number of amides is 2. The summed E-state index contributed by atoms with van der Waals surface area (Å²) in [5.74, 6) is 0. The molecule has 2 rings (SSSR count). The van der Waals surface area contributed by atoms with Crippen LogP contribution in [0.1, 0.15) is 11.1 Å². The summed E-state index contributed by atoms with van der Waals surface area (Å²) in [6.07, 6.45) is 0. The molecule has 0 aliphatic carbocycles. The second kappa shape index (κ2) is 6.11. The van der Waals surface area contributed by atoms with E-state index in [9.17, 15) is 4.79 Å². The van der Waals surface area contributed by atoms with E-state index in [1.54, 1.807) is 0 Å². The van der Waals surface area contributed by atoms with Crippen LogP contribution in [0.3, 0.4) is 0 Å². The zero-order valence-electron chi connectivity index (χ0n) is 10.5. The van der Waals surface area contributed by atoms with Crippen molar-refractivity contribution in [2.24, 2.45) is 0 Å². The van der Waals surface area contributed by atoms with Gasteiger partial charge in [-0.1, -0.05) is 60.7 Å². The fourth-order valence-electron chi connectivity index (χ4n) is 1.63. The molecule has 2 N–H and O–H groups in total. The molecule has 0 aliphatic rings. The molecule has 0 saturated carbocycles. The third-order valence-electron chi connectivity index (χ3n) is 2.66. The number of thiocarbonyl (C=S) groups is 1. The first kappa shape index (κ1) is 13.2. The van der Waals surface area contributed by atoms with Crippen molar-refractivity contribution in [2.45, 2.75) is 6.92 Å². The van der Waals surface area contributed by atoms with Crippen molar-refractivity contribution < 1.29 is 4.79 Å². The number of carbonyl (C=O) groups excluding carboxylic acids is 1. The van der Waals surface area contributed by atoms with Gasteiger partial charge in [0.2, 0.25) is 0 Å². The van der Waals surface area contributed by atoms with Crippen molar-refractivity contribution >= 4 is 28.9 Å². The van der Waals surface area contributed by atoms with Crippen molar-refractivity contribution in [3.05, 3.63) is 65.7 Å². The van der Waals surface area contributed by atoms with Crippen molar-refractivity contribution in [3.8, 4) is 0 Å². The Labute approximate surface area is 117 Å². The molecule has 19 heavy (non-hydrogen) atoms. The molecule has 2 amide bonds. The topological polar surface area (TPSA) is 41.1 Å². The van der Waals surface area contributed by atoms with Gasteiger partial charge in [0, 0.05) is 11.3 Å². The van der Waals surface area contributed by atoms with Crippen LogP contribution in [0, 0.1) is 6.92 Å². The van der Waals surface area contributed by atoms with Gasteiger partial charge >= 0.3 is 6.03 Å². The fraction of sp³-hybridized carbons (Fsp3) is 0.0667. The first-order chi connectivity index (χ1) is 9.16. The van der Waals surface area contributed by atoms with E-state index in [0.717, 1.165) is 16.8 Å². The zero-order chi connectivity index (χ0) is 13.7. The number of aryl methyl sites for hydroxylation is 1. The molecule has 0 fully saturated rings. The van der Waals surface area contributed by atoms with Crippen LogP contribution in [-0.4, -0.2) is 11.0 Å². The lowest BCUT2D eigenvalue weighted by atomic mass is 10.2. The van der Waals surface area contributed by atoms with E-state index < -0.39 is 0 Å². The Hall–Kier alpha value is -2.20. The molecular formula is C15H14N2OS. The number of nitrogens with one attached hydrogen (secondary N) is 2. The molecule has 0 spiro atoms. The Morgan fingerprint density at radius 3 is 2.32 bits per heavy atom. The molecule has 3 nitrogen and oxygen atoms in total. The number of anilines is 1. The van der Waals surface area contributed by atoms with Gasteiger partial charge in [0.1, 0.15) is 4.99 Å². The molecule has 96 valence electrons. The highest BCUT2D eigenvalue weighted by Gasteiger charge is 2.07. The Morgan fingerprint density at radius 2 is 1.63 bits per heavy atom. The molecule has 0 aliphatic heterocycles.